The van der Waals surface area contributed by atoms with Gasteiger partial charge in [0.2, 0.25) is 0 Å². The molecule has 0 unspecified atom stereocenters. The number of nitrogens with zero attached hydrogens (tertiary/aromatic N) is 4. The topological polar surface area (TPSA) is 63.7 Å². The molecule has 0 aliphatic carbocycles. The molecule has 0 aliphatic rings. The number of rotatable bonds is 3. The third kappa shape index (κ3) is 2.79. The molecule has 5 nitrogen and oxygen atoms in total. The molecule has 0 aromatic carbocycles. The van der Waals surface area contributed by atoms with E-state index in [1.165, 1.54) is 10.7 Å². The highest BCUT2D eigenvalue weighted by molar-refractivity contribution is 6.29. The Morgan fingerprint density at radius 3 is 2.89 bits per heavy atom. The first kappa shape index (κ1) is 12.4. The summed E-state index contributed by atoms with van der Waals surface area (Å²) in [4.78, 5) is 4.10. The number of pyridine rings is 1. The van der Waals surface area contributed by atoms with Crippen LogP contribution in [0.4, 0.5) is 0 Å². The smallest absolute Gasteiger partial charge is 0.158 e. The summed E-state index contributed by atoms with van der Waals surface area (Å²) in [6.07, 6.45) is 3.36. The minimum atomic E-state index is 0.0737. The Hall–Kier alpha value is -2.06. The van der Waals surface area contributed by atoms with Gasteiger partial charge >= 0.3 is 0 Å². The summed E-state index contributed by atoms with van der Waals surface area (Å²) in [5.74, 6) is 1.13. The van der Waals surface area contributed by atoms with E-state index in [1.807, 2.05) is 19.9 Å². The highest BCUT2D eigenvalue weighted by Gasteiger charge is 2.07. The van der Waals surface area contributed by atoms with Crippen molar-refractivity contribution in [2.24, 2.45) is 0 Å². The van der Waals surface area contributed by atoms with E-state index < -0.39 is 0 Å². The molecule has 0 radical (unpaired) electrons. The predicted octanol–water partition coefficient (Wildman–Crippen LogP) is 2.58. The molecule has 0 saturated carbocycles. The maximum Gasteiger partial charge on any atom is 0.158 e. The average Bonchev–Trinajstić information content (AvgIpc) is 2.75. The van der Waals surface area contributed by atoms with Crippen molar-refractivity contribution in [1.82, 2.24) is 14.8 Å². The lowest BCUT2D eigenvalue weighted by molar-refractivity contribution is 0.242. The molecule has 0 aliphatic heterocycles. The maximum absolute atomic E-state index is 8.87. The van der Waals surface area contributed by atoms with Crippen LogP contribution in [-0.4, -0.2) is 20.9 Å². The summed E-state index contributed by atoms with van der Waals surface area (Å²) >= 11 is 5.84. The van der Waals surface area contributed by atoms with E-state index in [0.29, 0.717) is 17.1 Å². The molecule has 2 rings (SSSR count). The van der Waals surface area contributed by atoms with E-state index in [0.717, 1.165) is 0 Å². The van der Waals surface area contributed by atoms with E-state index in [2.05, 4.69) is 10.1 Å². The van der Waals surface area contributed by atoms with Crippen LogP contribution in [0.15, 0.2) is 24.5 Å². The lowest BCUT2D eigenvalue weighted by atomic mass is 10.3. The van der Waals surface area contributed by atoms with Gasteiger partial charge in [-0.15, -0.1) is 0 Å². The summed E-state index contributed by atoms with van der Waals surface area (Å²) in [5.41, 5.74) is 0.437. The molecule has 0 N–H and O–H groups in total. The third-order valence-electron chi connectivity index (χ3n) is 2.08. The molecule has 0 fully saturated rings. The lowest BCUT2D eigenvalue weighted by Gasteiger charge is -2.05. The van der Waals surface area contributed by atoms with Crippen LogP contribution < -0.4 is 4.74 Å². The van der Waals surface area contributed by atoms with Gasteiger partial charge in [-0.2, -0.15) is 10.4 Å². The fourth-order valence-electron chi connectivity index (χ4n) is 1.43. The van der Waals surface area contributed by atoms with Crippen LogP contribution in [0.5, 0.6) is 5.75 Å². The zero-order valence-electron chi connectivity index (χ0n) is 9.96. The van der Waals surface area contributed by atoms with Crippen molar-refractivity contribution in [3.05, 3.63) is 35.2 Å². The van der Waals surface area contributed by atoms with Crippen molar-refractivity contribution in [3.63, 3.8) is 0 Å². The summed E-state index contributed by atoms with van der Waals surface area (Å²) in [6, 6.07) is 5.13. The normalized spacial score (nSPS) is 10.4. The number of hydrogen-bond acceptors (Lipinski definition) is 4. The summed E-state index contributed by atoms with van der Waals surface area (Å²) in [5, 5.41) is 13.2. The summed E-state index contributed by atoms with van der Waals surface area (Å²) in [7, 11) is 0. The Labute approximate surface area is 110 Å². The van der Waals surface area contributed by atoms with E-state index in [9.17, 15) is 0 Å². The Morgan fingerprint density at radius 2 is 2.22 bits per heavy atom. The molecular weight excluding hydrogens is 252 g/mol. The molecule has 0 amide bonds. The highest BCUT2D eigenvalue weighted by Crippen LogP contribution is 2.17. The first-order valence-electron chi connectivity index (χ1n) is 5.38. The molecule has 2 aromatic heterocycles. The Balaban J connectivity index is 2.34. The largest absolute Gasteiger partial charge is 0.488 e. The molecular formula is C12H11ClN4O. The van der Waals surface area contributed by atoms with Crippen molar-refractivity contribution in [2.75, 3.05) is 0 Å². The number of halogens is 1. The van der Waals surface area contributed by atoms with Gasteiger partial charge in [0.25, 0.3) is 0 Å². The molecule has 18 heavy (non-hydrogen) atoms. The molecule has 0 atom stereocenters. The molecule has 0 spiro atoms. The number of aromatic nitrogens is 3. The zero-order chi connectivity index (χ0) is 13.1. The first-order chi connectivity index (χ1) is 8.58. The van der Waals surface area contributed by atoms with Crippen molar-refractivity contribution in [3.8, 4) is 17.6 Å². The van der Waals surface area contributed by atoms with E-state index in [-0.39, 0.29) is 11.3 Å². The molecule has 2 heterocycles. The van der Waals surface area contributed by atoms with Gasteiger partial charge < -0.3 is 4.74 Å². The van der Waals surface area contributed by atoms with Gasteiger partial charge in [0.1, 0.15) is 5.15 Å². The Morgan fingerprint density at radius 1 is 1.44 bits per heavy atom. The van der Waals surface area contributed by atoms with Crippen LogP contribution in [0, 0.1) is 11.3 Å². The van der Waals surface area contributed by atoms with Crippen LogP contribution in [0.1, 0.15) is 19.4 Å². The second-order valence-electron chi connectivity index (χ2n) is 3.94. The SMILES string of the molecule is CC(C)Oc1cnn(-c2cc(C#N)cc(Cl)n2)c1. The van der Waals surface area contributed by atoms with E-state index in [1.54, 1.807) is 18.5 Å². The minimum Gasteiger partial charge on any atom is -0.488 e. The fraction of sp³-hybridized carbons (Fsp3) is 0.250. The van der Waals surface area contributed by atoms with Crippen molar-refractivity contribution >= 4 is 11.6 Å². The van der Waals surface area contributed by atoms with Gasteiger partial charge in [-0.25, -0.2) is 9.67 Å². The maximum atomic E-state index is 8.87. The third-order valence-corrected chi connectivity index (χ3v) is 2.27. The molecule has 6 heteroatoms. The van der Waals surface area contributed by atoms with Crippen molar-refractivity contribution in [2.45, 2.75) is 20.0 Å². The van der Waals surface area contributed by atoms with E-state index >= 15 is 0 Å². The van der Waals surface area contributed by atoms with Gasteiger partial charge in [-0.05, 0) is 19.9 Å². The number of hydrogen-bond donors (Lipinski definition) is 0. The van der Waals surface area contributed by atoms with Crippen molar-refractivity contribution in [1.29, 1.82) is 5.26 Å². The summed E-state index contributed by atoms with van der Waals surface area (Å²) in [6.45, 7) is 3.87. The quantitative estimate of drug-likeness (QED) is 0.798. The monoisotopic (exact) mass is 262 g/mol. The minimum absolute atomic E-state index is 0.0737. The van der Waals surface area contributed by atoms with Crippen LogP contribution >= 0.6 is 11.6 Å². The van der Waals surface area contributed by atoms with Crippen LogP contribution in [-0.2, 0) is 0 Å². The van der Waals surface area contributed by atoms with Gasteiger partial charge in [0.15, 0.2) is 11.6 Å². The predicted molar refractivity (Wildman–Crippen MR) is 66.8 cm³/mol. The second-order valence-corrected chi connectivity index (χ2v) is 4.32. The number of nitriles is 1. The first-order valence-corrected chi connectivity index (χ1v) is 5.75. The van der Waals surface area contributed by atoms with Crippen molar-refractivity contribution < 1.29 is 4.74 Å². The van der Waals surface area contributed by atoms with Gasteiger partial charge in [-0.3, -0.25) is 0 Å². The standard InChI is InChI=1S/C12H11ClN4O/c1-8(2)18-10-6-15-17(7-10)12-4-9(5-14)3-11(13)16-12/h3-4,6-8H,1-2H3. The fourth-order valence-corrected chi connectivity index (χ4v) is 1.63. The Kier molecular flexibility index (Phi) is 3.49. The van der Waals surface area contributed by atoms with E-state index in [4.69, 9.17) is 21.6 Å². The Bertz CT molecular complexity index is 600. The summed E-state index contributed by atoms with van der Waals surface area (Å²) < 4.78 is 7.01. The molecule has 92 valence electrons. The second kappa shape index (κ2) is 5.07. The van der Waals surface area contributed by atoms with Gasteiger partial charge in [-0.1, -0.05) is 11.6 Å². The average molecular weight is 263 g/mol. The van der Waals surface area contributed by atoms with Crippen LogP contribution in [0.2, 0.25) is 5.15 Å². The molecule has 0 saturated heterocycles. The molecule has 0 bridgehead atoms. The van der Waals surface area contributed by atoms with Gasteiger partial charge in [0, 0.05) is 6.07 Å². The number of ether oxygens (including phenoxy) is 1. The molecule has 2 aromatic rings. The highest BCUT2D eigenvalue weighted by atomic mass is 35.5. The zero-order valence-corrected chi connectivity index (χ0v) is 10.7. The lowest BCUT2D eigenvalue weighted by Crippen LogP contribution is -2.04. The van der Waals surface area contributed by atoms with Gasteiger partial charge in [0.05, 0.1) is 30.1 Å². The van der Waals surface area contributed by atoms with Crippen LogP contribution in [0.3, 0.4) is 0 Å². The van der Waals surface area contributed by atoms with Crippen LogP contribution in [0.25, 0.3) is 5.82 Å².